The minimum Gasteiger partial charge on any atom is -0.406 e. The van der Waals surface area contributed by atoms with E-state index in [1.807, 2.05) is 11.5 Å². The highest BCUT2D eigenvalue weighted by atomic mass is 32.1. The summed E-state index contributed by atoms with van der Waals surface area (Å²) in [5, 5.41) is 4.39. The van der Waals surface area contributed by atoms with E-state index in [1.165, 1.54) is 23.5 Å². The maximum absolute atomic E-state index is 12.7. The zero-order chi connectivity index (χ0) is 23.9. The van der Waals surface area contributed by atoms with Crippen molar-refractivity contribution in [3.63, 3.8) is 0 Å². The summed E-state index contributed by atoms with van der Waals surface area (Å²) in [5.74, 6) is -0.0832. The molecule has 0 unspecified atom stereocenters. The summed E-state index contributed by atoms with van der Waals surface area (Å²) in [7, 11) is 0. The number of alkyl halides is 3. The van der Waals surface area contributed by atoms with Crippen LogP contribution >= 0.6 is 11.3 Å². The molecule has 0 bridgehead atoms. The molecule has 0 fully saturated rings. The van der Waals surface area contributed by atoms with Gasteiger partial charge in [-0.1, -0.05) is 0 Å². The highest BCUT2D eigenvalue weighted by Crippen LogP contribution is 2.36. The van der Waals surface area contributed by atoms with Crippen molar-refractivity contribution in [2.24, 2.45) is 0 Å². The van der Waals surface area contributed by atoms with Crippen LogP contribution in [0.15, 0.2) is 60.9 Å². The molecule has 0 spiro atoms. The standard InChI is InChI=1S/C23H16F3N5O2S/c1-13-30-20-17-11-14(21(32)29-12-19-27-9-2-10-28-19)3-8-18(17)31(22(20)34-13)15-4-6-16(7-5-15)33-23(24,25)26/h2-11H,12H2,1H3,(H,29,32). The molecule has 7 nitrogen and oxygen atoms in total. The van der Waals surface area contributed by atoms with E-state index in [2.05, 4.69) is 25.0 Å². The maximum Gasteiger partial charge on any atom is 0.573 e. The van der Waals surface area contributed by atoms with Crippen LogP contribution in [0.4, 0.5) is 13.2 Å². The van der Waals surface area contributed by atoms with Gasteiger partial charge in [0.15, 0.2) is 0 Å². The summed E-state index contributed by atoms with van der Waals surface area (Å²) in [4.78, 5) is 26.4. The molecule has 2 aromatic carbocycles. The van der Waals surface area contributed by atoms with Crippen LogP contribution in [-0.4, -0.2) is 31.8 Å². The molecule has 11 heteroatoms. The van der Waals surface area contributed by atoms with Crippen LogP contribution < -0.4 is 10.1 Å². The molecule has 1 amide bonds. The van der Waals surface area contributed by atoms with Gasteiger partial charge < -0.3 is 10.1 Å². The molecule has 3 aromatic heterocycles. The molecular weight excluding hydrogens is 467 g/mol. The van der Waals surface area contributed by atoms with E-state index in [9.17, 15) is 18.0 Å². The number of aromatic nitrogens is 4. The van der Waals surface area contributed by atoms with Crippen molar-refractivity contribution >= 4 is 38.5 Å². The minimum atomic E-state index is -4.76. The van der Waals surface area contributed by atoms with Gasteiger partial charge in [0.05, 0.1) is 17.1 Å². The number of amides is 1. The molecule has 5 rings (SSSR count). The van der Waals surface area contributed by atoms with Crippen molar-refractivity contribution in [3.8, 4) is 11.4 Å². The van der Waals surface area contributed by atoms with Gasteiger partial charge in [-0.25, -0.2) is 15.0 Å². The van der Waals surface area contributed by atoms with E-state index >= 15 is 0 Å². The Hall–Kier alpha value is -3.99. The molecule has 1 N–H and O–H groups in total. The van der Waals surface area contributed by atoms with E-state index in [1.54, 1.807) is 48.8 Å². The number of ether oxygens (including phenoxy) is 1. The highest BCUT2D eigenvalue weighted by molar-refractivity contribution is 7.18. The first-order valence-corrected chi connectivity index (χ1v) is 10.9. The number of halogens is 3. The average molecular weight is 483 g/mol. The second kappa shape index (κ2) is 8.41. The molecule has 0 aliphatic rings. The lowest BCUT2D eigenvalue weighted by Crippen LogP contribution is -2.23. The van der Waals surface area contributed by atoms with Gasteiger partial charge >= 0.3 is 6.36 Å². The fraction of sp³-hybridized carbons (Fsp3) is 0.130. The van der Waals surface area contributed by atoms with Crippen LogP contribution in [-0.2, 0) is 6.54 Å². The van der Waals surface area contributed by atoms with Crippen molar-refractivity contribution in [1.82, 2.24) is 24.8 Å². The smallest absolute Gasteiger partial charge is 0.406 e. The lowest BCUT2D eigenvalue weighted by Gasteiger charge is -2.11. The third kappa shape index (κ3) is 4.29. The summed E-state index contributed by atoms with van der Waals surface area (Å²) in [5.41, 5.74) is 2.59. The number of nitrogens with zero attached hydrogens (tertiary/aromatic N) is 4. The SMILES string of the molecule is Cc1nc2c3cc(C(=O)NCc4ncccn4)ccc3n(-c3ccc(OC(F)(F)F)cc3)c2s1. The van der Waals surface area contributed by atoms with Crippen molar-refractivity contribution in [2.45, 2.75) is 19.8 Å². The number of benzene rings is 2. The number of aryl methyl sites for hydroxylation is 1. The van der Waals surface area contributed by atoms with E-state index in [0.717, 1.165) is 20.7 Å². The second-order valence-corrected chi connectivity index (χ2v) is 8.53. The fourth-order valence-corrected chi connectivity index (χ4v) is 4.61. The molecule has 0 aliphatic carbocycles. The van der Waals surface area contributed by atoms with Gasteiger partial charge in [0.25, 0.3) is 5.91 Å². The number of rotatable bonds is 5. The summed E-state index contributed by atoms with van der Waals surface area (Å²) in [6, 6.07) is 12.6. The number of carbonyl (C=O) groups is 1. The Morgan fingerprint density at radius 1 is 1.12 bits per heavy atom. The van der Waals surface area contributed by atoms with Gasteiger partial charge in [0.2, 0.25) is 0 Å². The third-order valence-electron chi connectivity index (χ3n) is 5.03. The number of carbonyl (C=O) groups excluding carboxylic acids is 1. The van der Waals surface area contributed by atoms with Gasteiger partial charge in [0, 0.05) is 29.0 Å². The molecule has 0 radical (unpaired) electrons. The Balaban J connectivity index is 1.51. The first-order valence-electron chi connectivity index (χ1n) is 10.1. The molecule has 0 aliphatic heterocycles. The quantitative estimate of drug-likeness (QED) is 0.373. The monoisotopic (exact) mass is 483 g/mol. The van der Waals surface area contributed by atoms with Crippen molar-refractivity contribution in [2.75, 3.05) is 0 Å². The summed E-state index contributed by atoms with van der Waals surface area (Å²) in [6.07, 6.45) is -1.55. The number of fused-ring (bicyclic) bond motifs is 3. The number of hydrogen-bond acceptors (Lipinski definition) is 6. The largest absolute Gasteiger partial charge is 0.573 e. The van der Waals surface area contributed by atoms with Crippen molar-refractivity contribution in [1.29, 1.82) is 0 Å². The minimum absolute atomic E-state index is 0.191. The first kappa shape index (κ1) is 21.8. The van der Waals surface area contributed by atoms with E-state index < -0.39 is 6.36 Å². The summed E-state index contributed by atoms with van der Waals surface area (Å²) < 4.78 is 43.4. The number of nitrogens with one attached hydrogen (secondary N) is 1. The van der Waals surface area contributed by atoms with Gasteiger partial charge in [-0.05, 0) is 55.5 Å². The topological polar surface area (TPSA) is 81.9 Å². The maximum atomic E-state index is 12.7. The Kier molecular flexibility index (Phi) is 5.40. The van der Waals surface area contributed by atoms with Crippen LogP contribution in [0.25, 0.3) is 26.9 Å². The van der Waals surface area contributed by atoms with Gasteiger partial charge in [0.1, 0.15) is 21.9 Å². The van der Waals surface area contributed by atoms with Gasteiger partial charge in [-0.3, -0.25) is 9.36 Å². The third-order valence-corrected chi connectivity index (χ3v) is 5.98. The second-order valence-electron chi connectivity index (χ2n) is 7.34. The molecule has 3 heterocycles. The number of thiazole rings is 1. The van der Waals surface area contributed by atoms with E-state index in [0.29, 0.717) is 22.6 Å². The highest BCUT2D eigenvalue weighted by Gasteiger charge is 2.31. The number of hydrogen-bond donors (Lipinski definition) is 1. The summed E-state index contributed by atoms with van der Waals surface area (Å²) >= 11 is 1.46. The van der Waals surface area contributed by atoms with Crippen LogP contribution in [0.2, 0.25) is 0 Å². The zero-order valence-corrected chi connectivity index (χ0v) is 18.4. The van der Waals surface area contributed by atoms with E-state index in [-0.39, 0.29) is 18.2 Å². The molecule has 0 saturated heterocycles. The summed E-state index contributed by atoms with van der Waals surface area (Å²) in [6.45, 7) is 2.06. The Morgan fingerprint density at radius 2 is 1.85 bits per heavy atom. The Labute approximate surface area is 194 Å². The molecule has 0 saturated carbocycles. The van der Waals surface area contributed by atoms with Gasteiger partial charge in [-0.2, -0.15) is 0 Å². The van der Waals surface area contributed by atoms with Crippen LogP contribution in [0.5, 0.6) is 5.75 Å². The van der Waals surface area contributed by atoms with Gasteiger partial charge in [-0.15, -0.1) is 24.5 Å². The van der Waals surface area contributed by atoms with E-state index in [4.69, 9.17) is 0 Å². The lowest BCUT2D eigenvalue weighted by atomic mass is 10.1. The normalized spacial score (nSPS) is 11.8. The van der Waals surface area contributed by atoms with Crippen LogP contribution in [0, 0.1) is 6.92 Å². The Morgan fingerprint density at radius 3 is 2.56 bits per heavy atom. The fourth-order valence-electron chi connectivity index (χ4n) is 3.65. The first-order chi connectivity index (χ1) is 16.3. The lowest BCUT2D eigenvalue weighted by molar-refractivity contribution is -0.274. The van der Waals surface area contributed by atoms with Crippen LogP contribution in [0.1, 0.15) is 21.2 Å². The Bertz CT molecular complexity index is 1490. The average Bonchev–Trinajstić information content (AvgIpc) is 3.32. The zero-order valence-electron chi connectivity index (χ0n) is 17.6. The molecule has 0 atom stereocenters. The van der Waals surface area contributed by atoms with Crippen molar-refractivity contribution in [3.05, 3.63) is 77.3 Å². The predicted molar refractivity (Wildman–Crippen MR) is 121 cm³/mol. The van der Waals surface area contributed by atoms with Crippen LogP contribution in [0.3, 0.4) is 0 Å². The predicted octanol–water partition coefficient (Wildman–Crippen LogP) is 5.17. The molecule has 172 valence electrons. The molecular formula is C23H16F3N5O2S. The van der Waals surface area contributed by atoms with Crippen molar-refractivity contribution < 1.29 is 22.7 Å². The molecule has 34 heavy (non-hydrogen) atoms. The molecule has 5 aromatic rings.